The fraction of sp³-hybridized carbons (Fsp3) is 0.0714. The third kappa shape index (κ3) is 3.43. The molecular formula is C14H9ClN4O4. The van der Waals surface area contributed by atoms with Crippen LogP contribution in [0.2, 0.25) is 5.02 Å². The van der Waals surface area contributed by atoms with Gasteiger partial charge in [-0.2, -0.15) is 4.98 Å². The standard InChI is InChI=1S/C14H9ClN4O4/c15-10-4-1-3-9(7-10)13-17-12(23-18-13)8-22-11-5-2-6-16-14(11)19(20)21/h1-7H,8H2. The summed E-state index contributed by atoms with van der Waals surface area (Å²) < 4.78 is 10.4. The maximum Gasteiger partial charge on any atom is 0.406 e. The molecule has 0 aliphatic rings. The molecule has 23 heavy (non-hydrogen) atoms. The van der Waals surface area contributed by atoms with Crippen molar-refractivity contribution >= 4 is 17.4 Å². The van der Waals surface area contributed by atoms with Crippen molar-refractivity contribution in [1.29, 1.82) is 0 Å². The lowest BCUT2D eigenvalue weighted by molar-refractivity contribution is -0.390. The number of pyridine rings is 1. The number of hydrogen-bond donors (Lipinski definition) is 0. The molecule has 8 nitrogen and oxygen atoms in total. The second-order valence-corrected chi connectivity index (χ2v) is 4.83. The Balaban J connectivity index is 1.74. The average Bonchev–Trinajstić information content (AvgIpc) is 3.02. The zero-order valence-electron chi connectivity index (χ0n) is 11.5. The molecule has 0 saturated carbocycles. The molecule has 9 heteroatoms. The zero-order valence-corrected chi connectivity index (χ0v) is 12.3. The van der Waals surface area contributed by atoms with Crippen molar-refractivity contribution in [3.05, 3.63) is 63.6 Å². The minimum atomic E-state index is -0.624. The summed E-state index contributed by atoms with van der Waals surface area (Å²) in [6.07, 6.45) is 1.31. The third-order valence-corrected chi connectivity index (χ3v) is 3.06. The zero-order chi connectivity index (χ0) is 16.2. The van der Waals surface area contributed by atoms with Gasteiger partial charge in [-0.15, -0.1) is 0 Å². The average molecular weight is 333 g/mol. The molecule has 1 aromatic carbocycles. The predicted octanol–water partition coefficient (Wildman–Crippen LogP) is 3.27. The lowest BCUT2D eigenvalue weighted by Crippen LogP contribution is -2.00. The Morgan fingerprint density at radius 3 is 2.96 bits per heavy atom. The minimum absolute atomic E-state index is 0.0278. The SMILES string of the molecule is O=[N+]([O-])c1ncccc1OCc1nc(-c2cccc(Cl)c2)no1. The van der Waals surface area contributed by atoms with Gasteiger partial charge in [0.05, 0.1) is 0 Å². The summed E-state index contributed by atoms with van der Waals surface area (Å²) in [5, 5.41) is 15.2. The Labute approximate surface area is 134 Å². The molecule has 0 saturated heterocycles. The van der Waals surface area contributed by atoms with Gasteiger partial charge in [0.15, 0.2) is 6.61 Å². The van der Waals surface area contributed by atoms with Crippen molar-refractivity contribution in [1.82, 2.24) is 15.1 Å². The quantitative estimate of drug-likeness (QED) is 0.521. The summed E-state index contributed by atoms with van der Waals surface area (Å²) in [5.74, 6) is 0.187. The number of halogens is 1. The Morgan fingerprint density at radius 2 is 2.17 bits per heavy atom. The summed E-state index contributed by atoms with van der Waals surface area (Å²) in [6.45, 7) is -0.111. The van der Waals surface area contributed by atoms with Gasteiger partial charge in [0.25, 0.3) is 5.89 Å². The molecule has 0 aliphatic carbocycles. The summed E-state index contributed by atoms with van der Waals surface area (Å²) in [5.41, 5.74) is 0.694. The van der Waals surface area contributed by atoms with Crippen LogP contribution in [0.3, 0.4) is 0 Å². The molecule has 3 rings (SSSR count). The lowest BCUT2D eigenvalue weighted by atomic mass is 10.2. The smallest absolute Gasteiger partial charge is 0.406 e. The van der Waals surface area contributed by atoms with E-state index in [-0.39, 0.29) is 24.1 Å². The second kappa shape index (κ2) is 6.41. The van der Waals surface area contributed by atoms with E-state index >= 15 is 0 Å². The van der Waals surface area contributed by atoms with Crippen LogP contribution in [-0.2, 0) is 6.61 Å². The normalized spacial score (nSPS) is 10.5. The van der Waals surface area contributed by atoms with Gasteiger partial charge < -0.3 is 19.4 Å². The fourth-order valence-electron chi connectivity index (χ4n) is 1.83. The van der Waals surface area contributed by atoms with Crippen molar-refractivity contribution in [3.63, 3.8) is 0 Å². The summed E-state index contributed by atoms with van der Waals surface area (Å²) >= 11 is 5.91. The molecular weight excluding hydrogens is 324 g/mol. The van der Waals surface area contributed by atoms with E-state index in [4.69, 9.17) is 20.9 Å². The van der Waals surface area contributed by atoms with Crippen LogP contribution in [0.1, 0.15) is 5.89 Å². The van der Waals surface area contributed by atoms with E-state index in [1.54, 1.807) is 24.3 Å². The number of aromatic nitrogens is 3. The van der Waals surface area contributed by atoms with E-state index in [0.29, 0.717) is 16.4 Å². The monoisotopic (exact) mass is 332 g/mol. The van der Waals surface area contributed by atoms with E-state index in [9.17, 15) is 10.1 Å². The molecule has 0 spiro atoms. The van der Waals surface area contributed by atoms with Gasteiger partial charge >= 0.3 is 5.82 Å². The lowest BCUT2D eigenvalue weighted by Gasteiger charge is -2.02. The highest BCUT2D eigenvalue weighted by atomic mass is 35.5. The van der Waals surface area contributed by atoms with Gasteiger partial charge in [0.1, 0.15) is 6.20 Å². The fourth-order valence-corrected chi connectivity index (χ4v) is 2.02. The van der Waals surface area contributed by atoms with Crippen LogP contribution in [0.4, 0.5) is 5.82 Å². The van der Waals surface area contributed by atoms with Crippen LogP contribution < -0.4 is 4.74 Å². The molecule has 2 heterocycles. The molecule has 3 aromatic rings. The highest BCUT2D eigenvalue weighted by molar-refractivity contribution is 6.30. The van der Waals surface area contributed by atoms with Crippen LogP contribution >= 0.6 is 11.6 Å². The van der Waals surface area contributed by atoms with E-state index in [0.717, 1.165) is 0 Å². The number of ether oxygens (including phenoxy) is 1. The van der Waals surface area contributed by atoms with Crippen molar-refractivity contribution in [2.75, 3.05) is 0 Å². The molecule has 0 aliphatic heterocycles. The van der Waals surface area contributed by atoms with Crippen LogP contribution in [0, 0.1) is 10.1 Å². The summed E-state index contributed by atoms with van der Waals surface area (Å²) in [6, 6.07) is 9.96. The topological polar surface area (TPSA) is 104 Å². The van der Waals surface area contributed by atoms with Crippen LogP contribution in [-0.4, -0.2) is 20.0 Å². The molecule has 2 aromatic heterocycles. The summed E-state index contributed by atoms with van der Waals surface area (Å²) in [7, 11) is 0. The molecule has 116 valence electrons. The first-order valence-corrected chi connectivity index (χ1v) is 6.82. The first-order valence-electron chi connectivity index (χ1n) is 6.44. The van der Waals surface area contributed by atoms with Crippen LogP contribution in [0.5, 0.6) is 5.75 Å². The van der Waals surface area contributed by atoms with Crippen molar-refractivity contribution in [3.8, 4) is 17.1 Å². The highest BCUT2D eigenvalue weighted by Crippen LogP contribution is 2.24. The molecule has 0 unspecified atom stereocenters. The number of hydrogen-bond acceptors (Lipinski definition) is 7. The highest BCUT2D eigenvalue weighted by Gasteiger charge is 2.17. The van der Waals surface area contributed by atoms with E-state index in [2.05, 4.69) is 15.1 Å². The minimum Gasteiger partial charge on any atom is -0.476 e. The van der Waals surface area contributed by atoms with Gasteiger partial charge in [-0.05, 0) is 34.2 Å². The van der Waals surface area contributed by atoms with Crippen LogP contribution in [0.25, 0.3) is 11.4 Å². The van der Waals surface area contributed by atoms with Gasteiger partial charge in [0.2, 0.25) is 11.6 Å². The van der Waals surface area contributed by atoms with Gasteiger partial charge in [-0.25, -0.2) is 0 Å². The van der Waals surface area contributed by atoms with Crippen molar-refractivity contribution in [2.45, 2.75) is 6.61 Å². The maximum atomic E-state index is 10.9. The predicted molar refractivity (Wildman–Crippen MR) is 80.0 cm³/mol. The van der Waals surface area contributed by atoms with E-state index in [1.807, 2.05) is 0 Å². The Kier molecular flexibility index (Phi) is 4.15. The largest absolute Gasteiger partial charge is 0.476 e. The van der Waals surface area contributed by atoms with Crippen molar-refractivity contribution in [2.24, 2.45) is 0 Å². The summed E-state index contributed by atoms with van der Waals surface area (Å²) in [4.78, 5) is 18.0. The first kappa shape index (κ1) is 14.9. The van der Waals surface area contributed by atoms with Gasteiger partial charge in [-0.3, -0.25) is 0 Å². The Morgan fingerprint density at radius 1 is 1.30 bits per heavy atom. The first-order chi connectivity index (χ1) is 11.1. The molecule has 0 amide bonds. The molecule has 0 fully saturated rings. The number of rotatable bonds is 5. The van der Waals surface area contributed by atoms with Gasteiger partial charge in [0, 0.05) is 10.6 Å². The molecule has 0 atom stereocenters. The maximum absolute atomic E-state index is 10.9. The molecule has 0 bridgehead atoms. The van der Waals surface area contributed by atoms with E-state index < -0.39 is 4.92 Å². The molecule has 0 N–H and O–H groups in total. The number of nitrogens with zero attached hydrogens (tertiary/aromatic N) is 4. The molecule has 0 radical (unpaired) electrons. The Hall–Kier alpha value is -3.00. The Bertz CT molecular complexity index is 852. The second-order valence-electron chi connectivity index (χ2n) is 4.39. The van der Waals surface area contributed by atoms with Crippen molar-refractivity contribution < 1.29 is 14.2 Å². The van der Waals surface area contributed by atoms with Gasteiger partial charge in [-0.1, -0.05) is 28.9 Å². The number of nitro groups is 1. The number of benzene rings is 1. The van der Waals surface area contributed by atoms with Crippen LogP contribution in [0.15, 0.2) is 47.1 Å². The third-order valence-electron chi connectivity index (χ3n) is 2.83. The van der Waals surface area contributed by atoms with E-state index in [1.165, 1.54) is 18.3 Å².